The summed E-state index contributed by atoms with van der Waals surface area (Å²) in [5.74, 6) is 0.760. The Kier molecular flexibility index (Phi) is 6.05. The Morgan fingerprint density at radius 2 is 2.33 bits per heavy atom. The van der Waals surface area contributed by atoms with E-state index in [1.54, 1.807) is 0 Å². The summed E-state index contributed by atoms with van der Waals surface area (Å²) in [6.07, 6.45) is 3.40. The standard InChI is InChI=1S/C17H25NO3/c1-2-21-16-7-3-5-15(11-16)13-18-10-4-6-14(12-18)8-9-17(19)20/h3,5,7,11,14H,2,4,6,8-10,12-13H2,1H3,(H,19,20). The first-order valence-corrected chi connectivity index (χ1v) is 7.83. The van der Waals surface area contributed by atoms with Crippen LogP contribution < -0.4 is 4.74 Å². The minimum absolute atomic E-state index is 0.290. The number of piperidine rings is 1. The zero-order valence-electron chi connectivity index (χ0n) is 12.8. The second kappa shape index (κ2) is 8.03. The average molecular weight is 291 g/mol. The van der Waals surface area contributed by atoms with Crippen LogP contribution in [0.3, 0.4) is 0 Å². The van der Waals surface area contributed by atoms with Crippen molar-refractivity contribution in [3.05, 3.63) is 29.8 Å². The third kappa shape index (κ3) is 5.38. The highest BCUT2D eigenvalue weighted by molar-refractivity contribution is 5.66. The van der Waals surface area contributed by atoms with Crippen LogP contribution in [0.4, 0.5) is 0 Å². The van der Waals surface area contributed by atoms with E-state index in [-0.39, 0.29) is 0 Å². The number of hydrogen-bond acceptors (Lipinski definition) is 3. The maximum Gasteiger partial charge on any atom is 0.303 e. The van der Waals surface area contributed by atoms with Crippen LogP contribution in [0.5, 0.6) is 5.75 Å². The number of carbonyl (C=O) groups is 1. The third-order valence-corrected chi connectivity index (χ3v) is 3.99. The van der Waals surface area contributed by atoms with Gasteiger partial charge in [-0.3, -0.25) is 9.69 Å². The van der Waals surface area contributed by atoms with Crippen LogP contribution in [0.1, 0.15) is 38.2 Å². The van der Waals surface area contributed by atoms with Crippen LogP contribution >= 0.6 is 0 Å². The van der Waals surface area contributed by atoms with E-state index in [4.69, 9.17) is 9.84 Å². The Morgan fingerprint density at radius 1 is 1.48 bits per heavy atom. The number of ether oxygens (including phenoxy) is 1. The first kappa shape index (κ1) is 15.8. The zero-order valence-corrected chi connectivity index (χ0v) is 12.8. The Bertz CT molecular complexity index is 461. The van der Waals surface area contributed by atoms with Gasteiger partial charge in [-0.2, -0.15) is 0 Å². The normalized spacial score (nSPS) is 19.4. The van der Waals surface area contributed by atoms with Gasteiger partial charge in [0.25, 0.3) is 0 Å². The lowest BCUT2D eigenvalue weighted by molar-refractivity contribution is -0.137. The molecule has 0 radical (unpaired) electrons. The Morgan fingerprint density at radius 3 is 3.10 bits per heavy atom. The third-order valence-electron chi connectivity index (χ3n) is 3.99. The fourth-order valence-corrected chi connectivity index (χ4v) is 3.02. The Hall–Kier alpha value is -1.55. The van der Waals surface area contributed by atoms with E-state index in [9.17, 15) is 4.79 Å². The van der Waals surface area contributed by atoms with Crippen molar-refractivity contribution < 1.29 is 14.6 Å². The van der Waals surface area contributed by atoms with Gasteiger partial charge in [-0.15, -0.1) is 0 Å². The molecule has 0 aliphatic carbocycles. The lowest BCUT2D eigenvalue weighted by Crippen LogP contribution is -2.35. The fourth-order valence-electron chi connectivity index (χ4n) is 3.02. The summed E-state index contributed by atoms with van der Waals surface area (Å²) in [6.45, 7) is 5.70. The zero-order chi connectivity index (χ0) is 15.1. The number of nitrogens with zero attached hydrogens (tertiary/aromatic N) is 1. The number of carboxylic acid groups (broad SMARTS) is 1. The molecule has 1 atom stereocenters. The minimum Gasteiger partial charge on any atom is -0.494 e. The van der Waals surface area contributed by atoms with Gasteiger partial charge in [-0.1, -0.05) is 12.1 Å². The molecule has 1 aliphatic heterocycles. The number of aliphatic carboxylic acids is 1. The lowest BCUT2D eigenvalue weighted by Gasteiger charge is -2.32. The van der Waals surface area contributed by atoms with E-state index in [1.165, 1.54) is 5.56 Å². The van der Waals surface area contributed by atoms with Crippen molar-refractivity contribution >= 4 is 5.97 Å². The molecule has 4 heteroatoms. The summed E-state index contributed by atoms with van der Waals surface area (Å²) >= 11 is 0. The largest absolute Gasteiger partial charge is 0.494 e. The molecule has 1 aromatic carbocycles. The fraction of sp³-hybridized carbons (Fsp3) is 0.588. The van der Waals surface area contributed by atoms with Crippen LogP contribution in [-0.2, 0) is 11.3 Å². The maximum absolute atomic E-state index is 10.7. The number of benzene rings is 1. The van der Waals surface area contributed by atoms with Gasteiger partial charge in [-0.25, -0.2) is 0 Å². The van der Waals surface area contributed by atoms with Gasteiger partial charge in [0.2, 0.25) is 0 Å². The quantitative estimate of drug-likeness (QED) is 0.838. The monoisotopic (exact) mass is 291 g/mol. The van der Waals surface area contributed by atoms with Crippen LogP contribution in [0.25, 0.3) is 0 Å². The topological polar surface area (TPSA) is 49.8 Å². The van der Waals surface area contributed by atoms with Gasteiger partial charge in [-0.05, 0) is 56.3 Å². The molecule has 1 aromatic rings. The summed E-state index contributed by atoms with van der Waals surface area (Å²) in [5, 5.41) is 8.80. The van der Waals surface area contributed by atoms with E-state index in [1.807, 2.05) is 19.1 Å². The van der Waals surface area contributed by atoms with Crippen molar-refractivity contribution in [3.63, 3.8) is 0 Å². The minimum atomic E-state index is -0.684. The highest BCUT2D eigenvalue weighted by Gasteiger charge is 2.20. The Balaban J connectivity index is 1.87. The van der Waals surface area contributed by atoms with Gasteiger partial charge in [0.15, 0.2) is 0 Å². The number of hydrogen-bond donors (Lipinski definition) is 1. The van der Waals surface area contributed by atoms with Gasteiger partial charge in [0, 0.05) is 19.5 Å². The summed E-state index contributed by atoms with van der Waals surface area (Å²) in [6, 6.07) is 8.25. The van der Waals surface area contributed by atoms with Gasteiger partial charge >= 0.3 is 5.97 Å². The van der Waals surface area contributed by atoms with Gasteiger partial charge in [0.1, 0.15) is 5.75 Å². The number of carboxylic acids is 1. The maximum atomic E-state index is 10.7. The molecule has 2 rings (SSSR count). The van der Waals surface area contributed by atoms with E-state index in [0.29, 0.717) is 18.9 Å². The molecule has 1 unspecified atom stereocenters. The van der Waals surface area contributed by atoms with Crippen molar-refractivity contribution in [2.45, 2.75) is 39.2 Å². The van der Waals surface area contributed by atoms with E-state index < -0.39 is 5.97 Å². The number of rotatable bonds is 7. The molecular weight excluding hydrogens is 266 g/mol. The van der Waals surface area contributed by atoms with E-state index in [0.717, 1.165) is 44.6 Å². The summed E-state index contributed by atoms with van der Waals surface area (Å²) in [7, 11) is 0. The second-order valence-electron chi connectivity index (χ2n) is 5.76. The molecule has 0 bridgehead atoms. The molecule has 1 N–H and O–H groups in total. The predicted molar refractivity (Wildman–Crippen MR) is 82.5 cm³/mol. The molecule has 116 valence electrons. The molecule has 1 heterocycles. The molecule has 0 amide bonds. The highest BCUT2D eigenvalue weighted by Crippen LogP contribution is 2.23. The molecule has 0 aromatic heterocycles. The molecule has 1 saturated heterocycles. The number of likely N-dealkylation sites (tertiary alicyclic amines) is 1. The average Bonchev–Trinajstić information content (AvgIpc) is 2.46. The molecule has 1 fully saturated rings. The van der Waals surface area contributed by atoms with Crippen LogP contribution in [0, 0.1) is 5.92 Å². The van der Waals surface area contributed by atoms with Gasteiger partial charge in [0.05, 0.1) is 6.61 Å². The smallest absolute Gasteiger partial charge is 0.303 e. The van der Waals surface area contributed by atoms with Crippen LogP contribution in [-0.4, -0.2) is 35.7 Å². The van der Waals surface area contributed by atoms with E-state index >= 15 is 0 Å². The Labute approximate surface area is 126 Å². The van der Waals surface area contributed by atoms with Crippen molar-refractivity contribution in [1.82, 2.24) is 4.90 Å². The summed E-state index contributed by atoms with van der Waals surface area (Å²) in [4.78, 5) is 13.1. The van der Waals surface area contributed by atoms with Crippen molar-refractivity contribution in [2.24, 2.45) is 5.92 Å². The molecule has 0 saturated carbocycles. The molecule has 21 heavy (non-hydrogen) atoms. The lowest BCUT2D eigenvalue weighted by atomic mass is 9.93. The van der Waals surface area contributed by atoms with Crippen LogP contribution in [0.15, 0.2) is 24.3 Å². The molecule has 0 spiro atoms. The van der Waals surface area contributed by atoms with E-state index in [2.05, 4.69) is 17.0 Å². The van der Waals surface area contributed by atoms with Crippen molar-refractivity contribution in [3.8, 4) is 5.75 Å². The second-order valence-corrected chi connectivity index (χ2v) is 5.76. The van der Waals surface area contributed by atoms with Gasteiger partial charge < -0.3 is 9.84 Å². The highest BCUT2D eigenvalue weighted by atomic mass is 16.5. The first-order valence-electron chi connectivity index (χ1n) is 7.83. The summed E-state index contributed by atoms with van der Waals surface area (Å²) < 4.78 is 5.54. The predicted octanol–water partition coefficient (Wildman–Crippen LogP) is 3.16. The van der Waals surface area contributed by atoms with Crippen molar-refractivity contribution in [2.75, 3.05) is 19.7 Å². The summed E-state index contributed by atoms with van der Waals surface area (Å²) in [5.41, 5.74) is 1.26. The van der Waals surface area contributed by atoms with Crippen molar-refractivity contribution in [1.29, 1.82) is 0 Å². The molecule has 1 aliphatic rings. The van der Waals surface area contributed by atoms with Crippen LogP contribution in [0.2, 0.25) is 0 Å². The molecule has 4 nitrogen and oxygen atoms in total. The SMILES string of the molecule is CCOc1cccc(CN2CCCC(CCC(=O)O)C2)c1. The first-order chi connectivity index (χ1) is 10.2. The molecular formula is C17H25NO3.